The number of carbonyl (C=O) groups excluding carboxylic acids is 1. The van der Waals surface area contributed by atoms with Crippen molar-refractivity contribution in [2.45, 2.75) is 51.4 Å². The molecule has 1 aliphatic heterocycles. The van der Waals surface area contributed by atoms with E-state index in [2.05, 4.69) is 15.0 Å². The standard InChI is InChI=1S/C16H23N3O2/c1-10-17-15(21-18-10)12-4-6-19(7-5-12)16(20)14-9-11-2-3-13(14)8-11/h11-14H,2-9H2,1H3. The number of piperidine rings is 1. The van der Waals surface area contributed by atoms with Gasteiger partial charge in [-0.2, -0.15) is 4.98 Å². The van der Waals surface area contributed by atoms with E-state index in [0.717, 1.165) is 44.2 Å². The van der Waals surface area contributed by atoms with Gasteiger partial charge in [-0.05, 0) is 50.9 Å². The zero-order chi connectivity index (χ0) is 14.4. The highest BCUT2D eigenvalue weighted by Crippen LogP contribution is 2.49. The fourth-order valence-corrected chi connectivity index (χ4v) is 4.61. The van der Waals surface area contributed by atoms with Crippen LogP contribution in [0.1, 0.15) is 56.2 Å². The van der Waals surface area contributed by atoms with Crippen LogP contribution in [0.2, 0.25) is 0 Å². The number of carbonyl (C=O) groups is 1. The van der Waals surface area contributed by atoms with Crippen molar-refractivity contribution in [3.05, 3.63) is 11.7 Å². The summed E-state index contributed by atoms with van der Waals surface area (Å²) < 4.78 is 5.27. The highest BCUT2D eigenvalue weighted by molar-refractivity contribution is 5.79. The van der Waals surface area contributed by atoms with E-state index in [0.29, 0.717) is 29.5 Å². The molecule has 2 aliphatic carbocycles. The Labute approximate surface area is 125 Å². The van der Waals surface area contributed by atoms with E-state index in [1.165, 1.54) is 19.3 Å². The molecule has 3 fully saturated rings. The molecular formula is C16H23N3O2. The lowest BCUT2D eigenvalue weighted by atomic mass is 9.86. The summed E-state index contributed by atoms with van der Waals surface area (Å²) in [6.07, 6.45) is 6.98. The molecule has 1 aromatic rings. The maximum Gasteiger partial charge on any atom is 0.229 e. The molecule has 1 saturated heterocycles. The fourth-order valence-electron chi connectivity index (χ4n) is 4.61. The fraction of sp³-hybridized carbons (Fsp3) is 0.812. The van der Waals surface area contributed by atoms with Crippen molar-refractivity contribution in [1.82, 2.24) is 15.0 Å². The number of hydrogen-bond donors (Lipinski definition) is 0. The average molecular weight is 289 g/mol. The second-order valence-corrected chi connectivity index (χ2v) is 7.06. The van der Waals surface area contributed by atoms with Crippen molar-refractivity contribution in [3.8, 4) is 0 Å². The Morgan fingerprint density at radius 1 is 1.19 bits per heavy atom. The van der Waals surface area contributed by atoms with Crippen LogP contribution in [0.4, 0.5) is 0 Å². The minimum absolute atomic E-state index is 0.325. The molecule has 3 unspecified atom stereocenters. The van der Waals surface area contributed by atoms with Crippen LogP contribution >= 0.6 is 0 Å². The van der Waals surface area contributed by atoms with Gasteiger partial charge >= 0.3 is 0 Å². The Morgan fingerprint density at radius 2 is 2.00 bits per heavy atom. The van der Waals surface area contributed by atoms with Crippen LogP contribution in [-0.4, -0.2) is 34.0 Å². The highest BCUT2D eigenvalue weighted by Gasteiger charge is 2.44. The first kappa shape index (κ1) is 13.3. The van der Waals surface area contributed by atoms with Crippen molar-refractivity contribution in [2.24, 2.45) is 17.8 Å². The van der Waals surface area contributed by atoms with Crippen LogP contribution in [0.5, 0.6) is 0 Å². The number of hydrogen-bond acceptors (Lipinski definition) is 4. The van der Waals surface area contributed by atoms with Gasteiger partial charge in [-0.1, -0.05) is 11.6 Å². The lowest BCUT2D eigenvalue weighted by molar-refractivity contribution is -0.138. The van der Waals surface area contributed by atoms with Crippen LogP contribution in [0.3, 0.4) is 0 Å². The maximum absolute atomic E-state index is 12.7. The van der Waals surface area contributed by atoms with Gasteiger partial charge in [0.05, 0.1) is 0 Å². The van der Waals surface area contributed by atoms with Gasteiger partial charge in [0, 0.05) is 24.9 Å². The zero-order valence-corrected chi connectivity index (χ0v) is 12.6. The summed E-state index contributed by atoms with van der Waals surface area (Å²) in [6, 6.07) is 0. The third-order valence-corrected chi connectivity index (χ3v) is 5.75. The van der Waals surface area contributed by atoms with Crippen molar-refractivity contribution >= 4 is 5.91 Å². The van der Waals surface area contributed by atoms with Crippen molar-refractivity contribution in [1.29, 1.82) is 0 Å². The Morgan fingerprint density at radius 3 is 2.57 bits per heavy atom. The molecule has 3 aliphatic rings. The number of nitrogens with zero attached hydrogens (tertiary/aromatic N) is 3. The quantitative estimate of drug-likeness (QED) is 0.839. The lowest BCUT2D eigenvalue weighted by Gasteiger charge is -2.34. The molecule has 114 valence electrons. The number of amides is 1. The van der Waals surface area contributed by atoms with Gasteiger partial charge in [0.2, 0.25) is 11.8 Å². The van der Waals surface area contributed by atoms with E-state index in [1.54, 1.807) is 0 Å². The Bertz CT molecular complexity index is 533. The molecule has 3 atom stereocenters. The van der Waals surface area contributed by atoms with Gasteiger partial charge in [-0.15, -0.1) is 0 Å². The molecule has 1 aromatic heterocycles. The van der Waals surface area contributed by atoms with E-state index in [1.807, 2.05) is 6.92 Å². The van der Waals surface area contributed by atoms with Gasteiger partial charge in [-0.25, -0.2) is 0 Å². The van der Waals surface area contributed by atoms with Gasteiger partial charge in [-0.3, -0.25) is 4.79 Å². The van der Waals surface area contributed by atoms with Gasteiger partial charge in [0.15, 0.2) is 5.82 Å². The molecule has 2 saturated carbocycles. The van der Waals surface area contributed by atoms with Crippen LogP contribution in [-0.2, 0) is 4.79 Å². The number of rotatable bonds is 2. The van der Waals surface area contributed by atoms with Gasteiger partial charge in [0.25, 0.3) is 0 Å². The van der Waals surface area contributed by atoms with E-state index in [4.69, 9.17) is 4.52 Å². The molecule has 0 spiro atoms. The topological polar surface area (TPSA) is 59.2 Å². The minimum Gasteiger partial charge on any atom is -0.342 e. The lowest BCUT2D eigenvalue weighted by Crippen LogP contribution is -2.42. The summed E-state index contributed by atoms with van der Waals surface area (Å²) in [7, 11) is 0. The van der Waals surface area contributed by atoms with Gasteiger partial charge < -0.3 is 9.42 Å². The summed E-state index contributed by atoms with van der Waals surface area (Å²) >= 11 is 0. The van der Waals surface area contributed by atoms with E-state index in [9.17, 15) is 4.79 Å². The zero-order valence-electron chi connectivity index (χ0n) is 12.6. The normalized spacial score (nSPS) is 32.8. The Kier molecular flexibility index (Phi) is 3.23. The molecule has 0 aromatic carbocycles. The maximum atomic E-state index is 12.7. The molecule has 5 nitrogen and oxygen atoms in total. The first-order valence-corrected chi connectivity index (χ1v) is 8.29. The first-order valence-electron chi connectivity index (χ1n) is 8.29. The summed E-state index contributed by atoms with van der Waals surface area (Å²) in [6.45, 7) is 3.54. The molecule has 0 radical (unpaired) electrons. The third-order valence-electron chi connectivity index (χ3n) is 5.75. The SMILES string of the molecule is Cc1noc(C2CCN(C(=O)C3CC4CCC3C4)CC2)n1. The highest BCUT2D eigenvalue weighted by atomic mass is 16.5. The van der Waals surface area contributed by atoms with Gasteiger partial charge in [0.1, 0.15) is 0 Å². The van der Waals surface area contributed by atoms with Crippen molar-refractivity contribution in [3.63, 3.8) is 0 Å². The van der Waals surface area contributed by atoms with E-state index >= 15 is 0 Å². The predicted octanol–water partition coefficient (Wildman–Crippen LogP) is 2.52. The summed E-state index contributed by atoms with van der Waals surface area (Å²) in [5.74, 6) is 4.04. The molecule has 2 heterocycles. The molecule has 2 bridgehead atoms. The second kappa shape index (κ2) is 5.11. The summed E-state index contributed by atoms with van der Waals surface area (Å²) in [4.78, 5) is 19.1. The van der Waals surface area contributed by atoms with Crippen LogP contribution in [0, 0.1) is 24.7 Å². The summed E-state index contributed by atoms with van der Waals surface area (Å²) in [5, 5.41) is 3.87. The number of fused-ring (bicyclic) bond motifs is 2. The van der Waals surface area contributed by atoms with Crippen LogP contribution < -0.4 is 0 Å². The predicted molar refractivity (Wildman–Crippen MR) is 76.5 cm³/mol. The molecule has 4 rings (SSSR count). The molecular weight excluding hydrogens is 266 g/mol. The van der Waals surface area contributed by atoms with Crippen molar-refractivity contribution in [2.75, 3.05) is 13.1 Å². The smallest absolute Gasteiger partial charge is 0.229 e. The number of likely N-dealkylation sites (tertiary alicyclic amines) is 1. The molecule has 21 heavy (non-hydrogen) atoms. The second-order valence-electron chi connectivity index (χ2n) is 7.06. The van der Waals surface area contributed by atoms with Crippen molar-refractivity contribution < 1.29 is 9.32 Å². The monoisotopic (exact) mass is 289 g/mol. The Hall–Kier alpha value is -1.39. The minimum atomic E-state index is 0.325. The average Bonchev–Trinajstić information content (AvgIpc) is 3.23. The Balaban J connectivity index is 1.36. The molecule has 5 heteroatoms. The number of aromatic nitrogens is 2. The summed E-state index contributed by atoms with van der Waals surface area (Å²) in [5.41, 5.74) is 0. The van der Waals surface area contributed by atoms with Crippen LogP contribution in [0.25, 0.3) is 0 Å². The first-order chi connectivity index (χ1) is 10.2. The van der Waals surface area contributed by atoms with E-state index < -0.39 is 0 Å². The number of aryl methyl sites for hydroxylation is 1. The third kappa shape index (κ3) is 2.36. The van der Waals surface area contributed by atoms with Crippen LogP contribution in [0.15, 0.2) is 4.52 Å². The molecule has 0 N–H and O–H groups in total. The largest absolute Gasteiger partial charge is 0.342 e. The molecule has 1 amide bonds. The van der Waals surface area contributed by atoms with E-state index in [-0.39, 0.29) is 0 Å².